The molecule has 0 saturated carbocycles. The number of aromatic nitrogens is 1. The predicted octanol–water partition coefficient (Wildman–Crippen LogP) is 5.73. The number of carbonyl (C=O) groups excluding carboxylic acids is 1. The minimum absolute atomic E-state index is 0.0801. The fourth-order valence-corrected chi connectivity index (χ4v) is 2.60. The summed E-state index contributed by atoms with van der Waals surface area (Å²) in [7, 11) is 0. The van der Waals surface area contributed by atoms with Gasteiger partial charge in [-0.2, -0.15) is 0 Å². The van der Waals surface area contributed by atoms with Crippen LogP contribution >= 0.6 is 0 Å². The molecule has 27 heavy (non-hydrogen) atoms. The molecule has 0 fully saturated rings. The molecule has 0 saturated heterocycles. The second-order valence-electron chi connectivity index (χ2n) is 7.55. The number of amides is 1. The molecule has 138 valence electrons. The van der Waals surface area contributed by atoms with E-state index >= 15 is 0 Å². The molecule has 0 aliphatic heterocycles. The van der Waals surface area contributed by atoms with Crippen molar-refractivity contribution in [1.29, 1.82) is 0 Å². The first kappa shape index (κ1) is 18.6. The molecular formula is C23H24N2O2. The Bertz CT molecular complexity index is 924. The van der Waals surface area contributed by atoms with Gasteiger partial charge < -0.3 is 10.1 Å². The van der Waals surface area contributed by atoms with E-state index in [2.05, 4.69) is 31.1 Å². The quantitative estimate of drug-likeness (QED) is 0.646. The monoisotopic (exact) mass is 360 g/mol. The highest BCUT2D eigenvalue weighted by Gasteiger charge is 2.14. The maximum atomic E-state index is 12.5. The smallest absolute Gasteiger partial charge is 0.255 e. The highest BCUT2D eigenvalue weighted by atomic mass is 16.5. The molecular weight excluding hydrogens is 336 g/mol. The van der Waals surface area contributed by atoms with Gasteiger partial charge in [0.05, 0.1) is 0 Å². The van der Waals surface area contributed by atoms with Gasteiger partial charge in [0.2, 0.25) is 5.88 Å². The number of aryl methyl sites for hydroxylation is 1. The summed E-state index contributed by atoms with van der Waals surface area (Å²) in [4.78, 5) is 16.8. The van der Waals surface area contributed by atoms with E-state index in [1.54, 1.807) is 30.5 Å². The standard InChI is InChI=1S/C23H24N2O2/c1-16-7-9-17(10-8-16)21(26)25-20-6-5-15-24-22(20)27-19-13-11-18(12-14-19)23(2,3)4/h5-15H,1-4H3,(H,25,26). The van der Waals surface area contributed by atoms with Crippen molar-refractivity contribution < 1.29 is 9.53 Å². The van der Waals surface area contributed by atoms with E-state index in [0.717, 1.165) is 5.56 Å². The maximum absolute atomic E-state index is 12.5. The SMILES string of the molecule is Cc1ccc(C(=O)Nc2cccnc2Oc2ccc(C(C)(C)C)cc2)cc1. The molecule has 1 heterocycles. The van der Waals surface area contributed by atoms with E-state index < -0.39 is 0 Å². The van der Waals surface area contributed by atoms with E-state index in [1.807, 2.05) is 43.3 Å². The number of benzene rings is 2. The summed E-state index contributed by atoms with van der Waals surface area (Å²) in [5, 5.41) is 2.88. The average molecular weight is 360 g/mol. The molecule has 0 aliphatic rings. The summed E-state index contributed by atoms with van der Waals surface area (Å²) in [6, 6.07) is 18.9. The van der Waals surface area contributed by atoms with E-state index in [1.165, 1.54) is 5.56 Å². The number of pyridine rings is 1. The molecule has 4 nitrogen and oxygen atoms in total. The third-order valence-electron chi connectivity index (χ3n) is 4.27. The molecule has 0 radical (unpaired) electrons. The van der Waals surface area contributed by atoms with Gasteiger partial charge in [0.15, 0.2) is 0 Å². The number of ether oxygens (including phenoxy) is 1. The van der Waals surface area contributed by atoms with Crippen molar-refractivity contribution in [3.8, 4) is 11.6 Å². The third-order valence-corrected chi connectivity index (χ3v) is 4.27. The molecule has 0 bridgehead atoms. The molecule has 0 spiro atoms. The van der Waals surface area contributed by atoms with Crippen LogP contribution in [0.1, 0.15) is 42.3 Å². The Morgan fingerprint density at radius 1 is 0.963 bits per heavy atom. The van der Waals surface area contributed by atoms with Gasteiger partial charge in [-0.05, 0) is 54.3 Å². The number of anilines is 1. The molecule has 0 atom stereocenters. The van der Waals surface area contributed by atoms with Crippen LogP contribution in [-0.2, 0) is 5.41 Å². The number of hydrogen-bond donors (Lipinski definition) is 1. The Morgan fingerprint density at radius 2 is 1.63 bits per heavy atom. The van der Waals surface area contributed by atoms with Crippen molar-refractivity contribution in [2.24, 2.45) is 0 Å². The molecule has 3 aromatic rings. The van der Waals surface area contributed by atoms with Gasteiger partial charge in [0.1, 0.15) is 11.4 Å². The minimum Gasteiger partial charge on any atom is -0.437 e. The van der Waals surface area contributed by atoms with Gasteiger partial charge in [0, 0.05) is 11.8 Å². The molecule has 0 aliphatic carbocycles. The average Bonchev–Trinajstić information content (AvgIpc) is 2.63. The first-order valence-corrected chi connectivity index (χ1v) is 8.94. The third kappa shape index (κ3) is 4.73. The van der Waals surface area contributed by atoms with Crippen molar-refractivity contribution in [3.05, 3.63) is 83.6 Å². The van der Waals surface area contributed by atoms with Crippen LogP contribution in [0.2, 0.25) is 0 Å². The van der Waals surface area contributed by atoms with E-state index in [-0.39, 0.29) is 11.3 Å². The van der Waals surface area contributed by atoms with Gasteiger partial charge >= 0.3 is 0 Å². The Kier molecular flexibility index (Phi) is 5.26. The van der Waals surface area contributed by atoms with Crippen molar-refractivity contribution >= 4 is 11.6 Å². The second kappa shape index (κ2) is 7.62. The van der Waals surface area contributed by atoms with Crippen LogP contribution in [0.5, 0.6) is 11.6 Å². The Labute approximate surface area is 160 Å². The van der Waals surface area contributed by atoms with Gasteiger partial charge in [-0.15, -0.1) is 0 Å². The zero-order chi connectivity index (χ0) is 19.4. The lowest BCUT2D eigenvalue weighted by molar-refractivity contribution is 0.102. The fraction of sp³-hybridized carbons (Fsp3) is 0.217. The van der Waals surface area contributed by atoms with E-state index in [4.69, 9.17) is 4.74 Å². The topological polar surface area (TPSA) is 51.2 Å². The predicted molar refractivity (Wildman–Crippen MR) is 109 cm³/mol. The van der Waals surface area contributed by atoms with Crippen molar-refractivity contribution in [2.45, 2.75) is 33.1 Å². The van der Waals surface area contributed by atoms with E-state index in [0.29, 0.717) is 22.9 Å². The number of nitrogens with one attached hydrogen (secondary N) is 1. The number of carbonyl (C=O) groups is 1. The Balaban J connectivity index is 1.78. The second-order valence-corrected chi connectivity index (χ2v) is 7.55. The van der Waals surface area contributed by atoms with Gasteiger partial charge in [-0.3, -0.25) is 4.79 Å². The van der Waals surface area contributed by atoms with Crippen LogP contribution in [-0.4, -0.2) is 10.9 Å². The largest absolute Gasteiger partial charge is 0.437 e. The van der Waals surface area contributed by atoms with Crippen LogP contribution in [0.4, 0.5) is 5.69 Å². The van der Waals surface area contributed by atoms with Crippen molar-refractivity contribution in [2.75, 3.05) is 5.32 Å². The Hall–Kier alpha value is -3.14. The molecule has 1 N–H and O–H groups in total. The van der Waals surface area contributed by atoms with Crippen LogP contribution in [0.3, 0.4) is 0 Å². The first-order chi connectivity index (χ1) is 12.8. The normalized spacial score (nSPS) is 11.1. The van der Waals surface area contributed by atoms with Crippen LogP contribution in [0, 0.1) is 6.92 Å². The molecule has 1 aromatic heterocycles. The zero-order valence-electron chi connectivity index (χ0n) is 16.1. The van der Waals surface area contributed by atoms with Crippen molar-refractivity contribution in [1.82, 2.24) is 4.98 Å². The molecule has 4 heteroatoms. The molecule has 1 amide bonds. The van der Waals surface area contributed by atoms with Crippen molar-refractivity contribution in [3.63, 3.8) is 0 Å². The summed E-state index contributed by atoms with van der Waals surface area (Å²) < 4.78 is 5.91. The lowest BCUT2D eigenvalue weighted by atomic mass is 9.87. The zero-order valence-corrected chi connectivity index (χ0v) is 16.1. The Morgan fingerprint density at radius 3 is 2.26 bits per heavy atom. The summed E-state index contributed by atoms with van der Waals surface area (Å²) in [6.45, 7) is 8.49. The maximum Gasteiger partial charge on any atom is 0.255 e. The highest BCUT2D eigenvalue weighted by molar-refractivity contribution is 6.04. The summed E-state index contributed by atoms with van der Waals surface area (Å²) in [5.41, 5.74) is 3.53. The highest BCUT2D eigenvalue weighted by Crippen LogP contribution is 2.29. The van der Waals surface area contributed by atoms with E-state index in [9.17, 15) is 4.79 Å². The van der Waals surface area contributed by atoms with Gasteiger partial charge in [-0.1, -0.05) is 50.6 Å². The van der Waals surface area contributed by atoms with Crippen LogP contribution in [0.25, 0.3) is 0 Å². The lowest BCUT2D eigenvalue weighted by Crippen LogP contribution is -2.13. The van der Waals surface area contributed by atoms with Crippen LogP contribution < -0.4 is 10.1 Å². The van der Waals surface area contributed by atoms with Gasteiger partial charge in [-0.25, -0.2) is 4.98 Å². The first-order valence-electron chi connectivity index (χ1n) is 8.94. The molecule has 2 aromatic carbocycles. The number of nitrogens with zero attached hydrogens (tertiary/aromatic N) is 1. The summed E-state index contributed by atoms with van der Waals surface area (Å²) >= 11 is 0. The summed E-state index contributed by atoms with van der Waals surface area (Å²) in [6.07, 6.45) is 1.64. The molecule has 0 unspecified atom stereocenters. The number of rotatable bonds is 4. The lowest BCUT2D eigenvalue weighted by Gasteiger charge is -2.19. The fourth-order valence-electron chi connectivity index (χ4n) is 2.60. The molecule has 3 rings (SSSR count). The van der Waals surface area contributed by atoms with Crippen LogP contribution in [0.15, 0.2) is 66.9 Å². The summed E-state index contributed by atoms with van der Waals surface area (Å²) in [5.74, 6) is 0.838. The number of hydrogen-bond acceptors (Lipinski definition) is 3. The van der Waals surface area contributed by atoms with Gasteiger partial charge in [0.25, 0.3) is 5.91 Å². The minimum atomic E-state index is -0.198.